The van der Waals surface area contributed by atoms with Gasteiger partial charge in [-0.3, -0.25) is 0 Å². The second-order valence-electron chi connectivity index (χ2n) is 4.30. The van der Waals surface area contributed by atoms with Gasteiger partial charge in [0, 0.05) is 41.7 Å². The molecule has 0 saturated carbocycles. The highest BCUT2D eigenvalue weighted by atomic mass is 35.7. The average Bonchev–Trinajstić information content (AvgIpc) is 2.94. The molecule has 0 aliphatic carbocycles. The molecule has 0 fully saturated rings. The number of nitrogens with zero attached hydrogens (tertiary/aromatic N) is 2. The quantitative estimate of drug-likeness (QED) is 0.734. The largest absolute Gasteiger partial charge is 0.359 e. The van der Waals surface area contributed by atoms with Gasteiger partial charge in [-0.25, -0.2) is 13.4 Å². The number of halogens is 2. The van der Waals surface area contributed by atoms with E-state index < -0.39 is 9.05 Å². The second-order valence-corrected chi connectivity index (χ2v) is 7.24. The van der Waals surface area contributed by atoms with Crippen LogP contribution in [0.1, 0.15) is 0 Å². The maximum atomic E-state index is 11.5. The summed E-state index contributed by atoms with van der Waals surface area (Å²) in [6, 6.07) is 3.25. The number of hydrogen-bond donors (Lipinski definition) is 1. The third kappa shape index (κ3) is 2.00. The minimum Gasteiger partial charge on any atom is -0.359 e. The van der Waals surface area contributed by atoms with Crippen molar-refractivity contribution < 1.29 is 8.42 Å². The van der Waals surface area contributed by atoms with Gasteiger partial charge in [-0.2, -0.15) is 0 Å². The van der Waals surface area contributed by atoms with Gasteiger partial charge in [0.2, 0.25) is 0 Å². The number of aryl methyl sites for hydroxylation is 1. The van der Waals surface area contributed by atoms with Crippen molar-refractivity contribution in [1.29, 1.82) is 0 Å². The molecule has 2 aromatic heterocycles. The Hall–Kier alpha value is -1.50. The molecule has 20 heavy (non-hydrogen) atoms. The van der Waals surface area contributed by atoms with Crippen molar-refractivity contribution in [3.8, 4) is 11.4 Å². The number of benzene rings is 1. The molecule has 1 aromatic carbocycles. The van der Waals surface area contributed by atoms with Gasteiger partial charge < -0.3 is 9.55 Å². The van der Waals surface area contributed by atoms with E-state index in [0.717, 1.165) is 0 Å². The molecule has 0 unspecified atom stereocenters. The van der Waals surface area contributed by atoms with Crippen molar-refractivity contribution >= 4 is 42.2 Å². The van der Waals surface area contributed by atoms with Crippen molar-refractivity contribution in [3.63, 3.8) is 0 Å². The van der Waals surface area contributed by atoms with Crippen molar-refractivity contribution in [2.45, 2.75) is 4.90 Å². The number of fused-ring (bicyclic) bond motifs is 1. The number of nitrogens with one attached hydrogen (secondary N) is 1. The van der Waals surface area contributed by atoms with Gasteiger partial charge in [0.25, 0.3) is 9.05 Å². The van der Waals surface area contributed by atoms with Gasteiger partial charge in [-0.1, -0.05) is 11.6 Å². The molecule has 5 nitrogen and oxygen atoms in total. The summed E-state index contributed by atoms with van der Waals surface area (Å²) in [5.74, 6) is 0.640. The van der Waals surface area contributed by atoms with Crippen LogP contribution in [0.15, 0.2) is 35.6 Å². The molecule has 0 saturated heterocycles. The zero-order chi connectivity index (χ0) is 14.5. The van der Waals surface area contributed by atoms with E-state index >= 15 is 0 Å². The minimum absolute atomic E-state index is 0.0290. The number of aromatic amines is 1. The van der Waals surface area contributed by atoms with Crippen molar-refractivity contribution in [3.05, 3.63) is 35.7 Å². The van der Waals surface area contributed by atoms with Gasteiger partial charge in [0.1, 0.15) is 10.7 Å². The average molecular weight is 330 g/mol. The molecule has 0 atom stereocenters. The Morgan fingerprint density at radius 2 is 2.10 bits per heavy atom. The lowest BCUT2D eigenvalue weighted by atomic mass is 10.1. The third-order valence-electron chi connectivity index (χ3n) is 3.08. The first kappa shape index (κ1) is 13.5. The summed E-state index contributed by atoms with van der Waals surface area (Å²) in [5, 5.41) is 0.967. The fraction of sp³-hybridized carbons (Fsp3) is 0.0833. The number of hydrogen-bond acceptors (Lipinski definition) is 3. The first-order valence-electron chi connectivity index (χ1n) is 5.61. The number of aromatic nitrogens is 3. The summed E-state index contributed by atoms with van der Waals surface area (Å²) >= 11 is 6.23. The topological polar surface area (TPSA) is 67.8 Å². The zero-order valence-corrected chi connectivity index (χ0v) is 12.6. The molecule has 8 heteroatoms. The molecule has 3 aromatic rings. The molecule has 0 amide bonds. The normalized spacial score (nSPS) is 12.2. The molecular formula is C12H9Cl2N3O2S. The van der Waals surface area contributed by atoms with E-state index in [1.54, 1.807) is 29.1 Å². The van der Waals surface area contributed by atoms with Crippen LogP contribution in [-0.4, -0.2) is 23.0 Å². The number of imidazole rings is 1. The fourth-order valence-corrected chi connectivity index (χ4v) is 3.43. The molecule has 1 N–H and O–H groups in total. The molecule has 104 valence electrons. The van der Waals surface area contributed by atoms with Gasteiger partial charge in [-0.05, 0) is 12.1 Å². The molecule has 2 heterocycles. The number of H-pyrrole nitrogens is 1. The number of rotatable bonds is 2. The molecule has 0 aliphatic heterocycles. The molecule has 0 radical (unpaired) electrons. The smallest absolute Gasteiger partial charge is 0.263 e. The first-order chi connectivity index (χ1) is 9.39. The standard InChI is InChI=1S/C12H9Cl2N3O2S/c1-17-5-4-15-12(17)10-8(13)3-2-7-9(20(14,18)19)6-16-11(7)10/h2-6,16H,1H3. The van der Waals surface area contributed by atoms with Gasteiger partial charge in [-0.15, -0.1) is 0 Å². The van der Waals surface area contributed by atoms with Crippen LogP contribution in [0.3, 0.4) is 0 Å². The van der Waals surface area contributed by atoms with Crippen LogP contribution in [-0.2, 0) is 16.1 Å². The third-order valence-corrected chi connectivity index (χ3v) is 4.75. The lowest BCUT2D eigenvalue weighted by molar-refractivity contribution is 0.610. The maximum Gasteiger partial charge on any atom is 0.263 e. The van der Waals surface area contributed by atoms with Crippen LogP contribution in [0.5, 0.6) is 0 Å². The summed E-state index contributed by atoms with van der Waals surface area (Å²) in [6.45, 7) is 0. The van der Waals surface area contributed by atoms with Crippen LogP contribution in [0.25, 0.3) is 22.3 Å². The van der Waals surface area contributed by atoms with E-state index in [0.29, 0.717) is 27.3 Å². The van der Waals surface area contributed by atoms with Gasteiger partial charge in [0.15, 0.2) is 0 Å². The van der Waals surface area contributed by atoms with Crippen LogP contribution in [0.2, 0.25) is 5.02 Å². The fourth-order valence-electron chi connectivity index (χ4n) is 2.17. The van der Waals surface area contributed by atoms with Crippen molar-refractivity contribution in [2.24, 2.45) is 7.05 Å². The summed E-state index contributed by atoms with van der Waals surface area (Å²) in [7, 11) is 3.43. The van der Waals surface area contributed by atoms with E-state index in [2.05, 4.69) is 9.97 Å². The van der Waals surface area contributed by atoms with Gasteiger partial charge in [0.05, 0.1) is 16.1 Å². The van der Waals surface area contributed by atoms with Crippen molar-refractivity contribution in [1.82, 2.24) is 14.5 Å². The Bertz CT molecular complexity index is 912. The Balaban J connectivity index is 2.42. The lowest BCUT2D eigenvalue weighted by Crippen LogP contribution is -1.94. The Kier molecular flexibility index (Phi) is 3.04. The van der Waals surface area contributed by atoms with E-state index in [4.69, 9.17) is 22.3 Å². The monoisotopic (exact) mass is 329 g/mol. The van der Waals surface area contributed by atoms with Crippen LogP contribution in [0.4, 0.5) is 0 Å². The highest BCUT2D eigenvalue weighted by molar-refractivity contribution is 8.14. The van der Waals surface area contributed by atoms with Crippen LogP contribution >= 0.6 is 22.3 Å². The van der Waals surface area contributed by atoms with Gasteiger partial charge >= 0.3 is 0 Å². The van der Waals surface area contributed by atoms with Crippen molar-refractivity contribution in [2.75, 3.05) is 0 Å². The zero-order valence-electron chi connectivity index (χ0n) is 10.3. The summed E-state index contributed by atoms with van der Waals surface area (Å²) in [5.41, 5.74) is 1.23. The second kappa shape index (κ2) is 4.51. The van der Waals surface area contributed by atoms with E-state index in [-0.39, 0.29) is 4.90 Å². The molecule has 0 aliphatic rings. The lowest BCUT2D eigenvalue weighted by Gasteiger charge is -2.06. The highest BCUT2D eigenvalue weighted by Crippen LogP contribution is 2.36. The molecule has 3 rings (SSSR count). The summed E-state index contributed by atoms with van der Waals surface area (Å²) in [6.07, 6.45) is 4.79. The van der Waals surface area contributed by atoms with E-state index in [1.807, 2.05) is 7.05 Å². The van der Waals surface area contributed by atoms with E-state index in [9.17, 15) is 8.42 Å². The predicted octanol–water partition coefficient (Wildman–Crippen LogP) is 3.15. The predicted molar refractivity (Wildman–Crippen MR) is 78.5 cm³/mol. The van der Waals surface area contributed by atoms with Crippen LogP contribution < -0.4 is 0 Å². The highest BCUT2D eigenvalue weighted by Gasteiger charge is 2.21. The first-order valence-corrected chi connectivity index (χ1v) is 8.30. The summed E-state index contributed by atoms with van der Waals surface area (Å²) in [4.78, 5) is 7.19. The summed E-state index contributed by atoms with van der Waals surface area (Å²) < 4.78 is 24.9. The Labute approximate surface area is 124 Å². The Morgan fingerprint density at radius 3 is 2.70 bits per heavy atom. The SMILES string of the molecule is Cn1ccnc1-c1c(Cl)ccc2c(S(=O)(=O)Cl)c[nH]c12. The molecule has 0 bridgehead atoms. The van der Waals surface area contributed by atoms with E-state index in [1.165, 1.54) is 6.20 Å². The van der Waals surface area contributed by atoms with Crippen LogP contribution in [0, 0.1) is 0 Å². The maximum absolute atomic E-state index is 11.5. The minimum atomic E-state index is -3.82. The molecule has 0 spiro atoms. The molecular weight excluding hydrogens is 321 g/mol. The Morgan fingerprint density at radius 1 is 1.35 bits per heavy atom.